The molecule has 0 saturated heterocycles. The molecule has 114 valence electrons. The molecule has 2 aromatic carbocycles. The fraction of sp³-hybridized carbons (Fsp3) is 0.125. The molecule has 0 aliphatic rings. The molecule has 0 aliphatic carbocycles. The third-order valence-corrected chi connectivity index (χ3v) is 3.14. The third-order valence-electron chi connectivity index (χ3n) is 2.82. The lowest BCUT2D eigenvalue weighted by atomic mass is 10.2. The third kappa shape index (κ3) is 4.56. The van der Waals surface area contributed by atoms with Gasteiger partial charge in [-0.25, -0.2) is 9.18 Å². The second-order valence-electron chi connectivity index (χ2n) is 4.46. The Bertz CT molecular complexity index is 676. The van der Waals surface area contributed by atoms with Gasteiger partial charge < -0.3 is 10.1 Å². The predicted octanol–water partition coefficient (Wildman–Crippen LogP) is 2.95. The topological polar surface area (TPSA) is 55.4 Å². The summed E-state index contributed by atoms with van der Waals surface area (Å²) < 4.78 is 17.9. The van der Waals surface area contributed by atoms with Gasteiger partial charge in [-0.3, -0.25) is 4.79 Å². The van der Waals surface area contributed by atoms with Gasteiger partial charge in [-0.15, -0.1) is 0 Å². The number of hydrogen-bond acceptors (Lipinski definition) is 3. The van der Waals surface area contributed by atoms with Crippen molar-refractivity contribution in [1.82, 2.24) is 5.32 Å². The van der Waals surface area contributed by atoms with Gasteiger partial charge in [-0.05, 0) is 23.8 Å². The summed E-state index contributed by atoms with van der Waals surface area (Å²) in [6.07, 6.45) is 0. The number of halogens is 2. The number of carbonyl (C=O) groups is 2. The summed E-state index contributed by atoms with van der Waals surface area (Å²) in [5.74, 6) is -1.91. The zero-order chi connectivity index (χ0) is 15.9. The Hall–Kier alpha value is -2.40. The Kier molecular flexibility index (Phi) is 5.49. The van der Waals surface area contributed by atoms with Crippen LogP contribution in [0.15, 0.2) is 48.5 Å². The summed E-state index contributed by atoms with van der Waals surface area (Å²) in [5, 5.41) is 2.67. The van der Waals surface area contributed by atoms with E-state index in [0.29, 0.717) is 6.54 Å². The highest BCUT2D eigenvalue weighted by atomic mass is 35.5. The normalized spacial score (nSPS) is 10.1. The molecule has 0 bridgehead atoms. The number of ether oxygens (including phenoxy) is 1. The molecule has 1 N–H and O–H groups in total. The number of rotatable bonds is 5. The number of benzene rings is 2. The van der Waals surface area contributed by atoms with E-state index in [2.05, 4.69) is 5.32 Å². The van der Waals surface area contributed by atoms with Crippen LogP contribution < -0.4 is 5.32 Å². The largest absolute Gasteiger partial charge is 0.452 e. The SMILES string of the molecule is O=C(COC(=O)c1cc(F)ccc1Cl)NCc1ccccc1. The van der Waals surface area contributed by atoms with Crippen molar-refractivity contribution in [3.8, 4) is 0 Å². The second-order valence-corrected chi connectivity index (χ2v) is 4.87. The van der Waals surface area contributed by atoms with Gasteiger partial charge in [-0.1, -0.05) is 41.9 Å². The van der Waals surface area contributed by atoms with Crippen molar-refractivity contribution in [3.05, 3.63) is 70.5 Å². The molecule has 0 saturated carbocycles. The monoisotopic (exact) mass is 321 g/mol. The lowest BCUT2D eigenvalue weighted by Crippen LogP contribution is -2.28. The number of nitrogens with one attached hydrogen (secondary N) is 1. The quantitative estimate of drug-likeness (QED) is 0.861. The first-order chi connectivity index (χ1) is 10.6. The molecule has 0 aromatic heterocycles. The van der Waals surface area contributed by atoms with Crippen molar-refractivity contribution < 1.29 is 18.7 Å². The molecule has 0 heterocycles. The van der Waals surface area contributed by atoms with Crippen molar-refractivity contribution in [1.29, 1.82) is 0 Å². The average Bonchev–Trinajstić information content (AvgIpc) is 2.54. The minimum atomic E-state index is -0.848. The molecule has 0 fully saturated rings. The smallest absolute Gasteiger partial charge is 0.340 e. The fourth-order valence-corrected chi connectivity index (χ4v) is 1.91. The molecule has 0 spiro atoms. The summed E-state index contributed by atoms with van der Waals surface area (Å²) in [7, 11) is 0. The average molecular weight is 322 g/mol. The summed E-state index contributed by atoms with van der Waals surface area (Å²) in [6.45, 7) is -0.129. The lowest BCUT2D eigenvalue weighted by molar-refractivity contribution is -0.124. The van der Waals surface area contributed by atoms with E-state index in [9.17, 15) is 14.0 Å². The lowest BCUT2D eigenvalue weighted by Gasteiger charge is -2.07. The zero-order valence-electron chi connectivity index (χ0n) is 11.5. The van der Waals surface area contributed by atoms with E-state index in [1.807, 2.05) is 30.3 Å². The van der Waals surface area contributed by atoms with Gasteiger partial charge in [0.05, 0.1) is 10.6 Å². The summed E-state index contributed by atoms with van der Waals surface area (Å²) in [5.41, 5.74) is 0.813. The van der Waals surface area contributed by atoms with Gasteiger partial charge in [0.15, 0.2) is 6.61 Å². The van der Waals surface area contributed by atoms with Crippen LogP contribution in [0.25, 0.3) is 0 Å². The van der Waals surface area contributed by atoms with E-state index in [0.717, 1.165) is 17.7 Å². The van der Waals surface area contributed by atoms with Gasteiger partial charge >= 0.3 is 5.97 Å². The van der Waals surface area contributed by atoms with E-state index in [4.69, 9.17) is 16.3 Å². The van der Waals surface area contributed by atoms with Crippen LogP contribution in [-0.4, -0.2) is 18.5 Å². The zero-order valence-corrected chi connectivity index (χ0v) is 12.3. The van der Waals surface area contributed by atoms with Crippen LogP contribution in [0, 0.1) is 5.82 Å². The van der Waals surface area contributed by atoms with Gasteiger partial charge in [-0.2, -0.15) is 0 Å². The minimum absolute atomic E-state index is 0.0658. The van der Waals surface area contributed by atoms with E-state index >= 15 is 0 Å². The molecule has 6 heteroatoms. The molecule has 22 heavy (non-hydrogen) atoms. The van der Waals surface area contributed by atoms with Crippen LogP contribution in [0.4, 0.5) is 4.39 Å². The molecule has 2 rings (SSSR count). The first-order valence-electron chi connectivity index (χ1n) is 6.49. The van der Waals surface area contributed by atoms with E-state index in [-0.39, 0.29) is 10.6 Å². The van der Waals surface area contributed by atoms with Gasteiger partial charge in [0.2, 0.25) is 0 Å². The Morgan fingerprint density at radius 2 is 1.86 bits per heavy atom. The van der Waals surface area contributed by atoms with Crippen LogP contribution in [0.3, 0.4) is 0 Å². The molecule has 0 aliphatic heterocycles. The maximum absolute atomic E-state index is 13.1. The van der Waals surface area contributed by atoms with Crippen LogP contribution in [-0.2, 0) is 16.1 Å². The number of amides is 1. The Balaban J connectivity index is 1.83. The van der Waals surface area contributed by atoms with Crippen molar-refractivity contribution in [2.75, 3.05) is 6.61 Å². The first kappa shape index (κ1) is 16.0. The van der Waals surface area contributed by atoms with Crippen LogP contribution >= 0.6 is 11.6 Å². The summed E-state index contributed by atoms with van der Waals surface area (Å²) >= 11 is 5.78. The fourth-order valence-electron chi connectivity index (χ4n) is 1.71. The minimum Gasteiger partial charge on any atom is -0.452 e. The molecule has 0 radical (unpaired) electrons. The molecule has 0 unspecified atom stereocenters. The molecular formula is C16H13ClFNO3. The van der Waals surface area contributed by atoms with Crippen LogP contribution in [0.5, 0.6) is 0 Å². The van der Waals surface area contributed by atoms with Gasteiger partial charge in [0, 0.05) is 6.54 Å². The first-order valence-corrected chi connectivity index (χ1v) is 6.87. The van der Waals surface area contributed by atoms with Crippen molar-refractivity contribution >= 4 is 23.5 Å². The van der Waals surface area contributed by atoms with Crippen LogP contribution in [0.1, 0.15) is 15.9 Å². The maximum atomic E-state index is 13.1. The Morgan fingerprint density at radius 3 is 2.59 bits per heavy atom. The highest BCUT2D eigenvalue weighted by Crippen LogP contribution is 2.17. The summed E-state index contributed by atoms with van der Waals surface area (Å²) in [6, 6.07) is 12.6. The van der Waals surface area contributed by atoms with Gasteiger partial charge in [0.25, 0.3) is 5.91 Å². The highest BCUT2D eigenvalue weighted by Gasteiger charge is 2.14. The molecular weight excluding hydrogens is 309 g/mol. The number of esters is 1. The number of hydrogen-bond donors (Lipinski definition) is 1. The number of carbonyl (C=O) groups excluding carboxylic acids is 2. The predicted molar refractivity (Wildman–Crippen MR) is 80.0 cm³/mol. The standard InChI is InChI=1S/C16H13ClFNO3/c17-14-7-6-12(18)8-13(14)16(21)22-10-15(20)19-9-11-4-2-1-3-5-11/h1-8H,9-10H2,(H,19,20). The molecule has 2 aromatic rings. The van der Waals surface area contributed by atoms with Crippen molar-refractivity contribution in [3.63, 3.8) is 0 Å². The van der Waals surface area contributed by atoms with E-state index in [1.165, 1.54) is 6.07 Å². The second kappa shape index (κ2) is 7.56. The Labute approximate surface area is 131 Å². The maximum Gasteiger partial charge on any atom is 0.340 e. The molecule has 0 atom stereocenters. The Morgan fingerprint density at radius 1 is 1.14 bits per heavy atom. The summed E-state index contributed by atoms with van der Waals surface area (Å²) in [4.78, 5) is 23.4. The van der Waals surface area contributed by atoms with Crippen LogP contribution in [0.2, 0.25) is 5.02 Å². The van der Waals surface area contributed by atoms with Crippen molar-refractivity contribution in [2.45, 2.75) is 6.54 Å². The molecule has 4 nitrogen and oxygen atoms in total. The van der Waals surface area contributed by atoms with E-state index < -0.39 is 24.3 Å². The molecule has 1 amide bonds. The highest BCUT2D eigenvalue weighted by molar-refractivity contribution is 6.33. The van der Waals surface area contributed by atoms with Gasteiger partial charge in [0.1, 0.15) is 5.82 Å². The van der Waals surface area contributed by atoms with Crippen molar-refractivity contribution in [2.24, 2.45) is 0 Å². The van der Waals surface area contributed by atoms with E-state index in [1.54, 1.807) is 0 Å².